The number of hydrogen-bond donors (Lipinski definition) is 1. The molecule has 1 N–H and O–H groups in total. The minimum absolute atomic E-state index is 0.116. The lowest BCUT2D eigenvalue weighted by molar-refractivity contribution is 0.487. The van der Waals surface area contributed by atoms with Gasteiger partial charge in [0.15, 0.2) is 0 Å². The standard InChI is InChI=1S/C14H20FN/c1-10-7-13(5-6-14(10)15)9-16-11(2)8-12-3-4-12/h5-7,11-12,16H,3-4,8-9H2,1-2H3. The van der Waals surface area contributed by atoms with E-state index in [1.807, 2.05) is 19.1 Å². The van der Waals surface area contributed by atoms with Crippen LogP contribution in [-0.4, -0.2) is 6.04 Å². The second-order valence-corrected chi connectivity index (χ2v) is 5.04. The molecule has 1 aromatic rings. The average Bonchev–Trinajstić information content (AvgIpc) is 3.04. The van der Waals surface area contributed by atoms with Crippen LogP contribution in [0.25, 0.3) is 0 Å². The molecule has 1 aliphatic carbocycles. The first-order valence-electron chi connectivity index (χ1n) is 6.13. The summed E-state index contributed by atoms with van der Waals surface area (Å²) in [4.78, 5) is 0. The van der Waals surface area contributed by atoms with Crippen LogP contribution in [0.3, 0.4) is 0 Å². The van der Waals surface area contributed by atoms with Gasteiger partial charge in [-0.3, -0.25) is 0 Å². The Morgan fingerprint density at radius 2 is 2.19 bits per heavy atom. The summed E-state index contributed by atoms with van der Waals surface area (Å²) < 4.78 is 13.1. The highest BCUT2D eigenvalue weighted by atomic mass is 19.1. The minimum Gasteiger partial charge on any atom is -0.310 e. The zero-order valence-corrected chi connectivity index (χ0v) is 10.1. The largest absolute Gasteiger partial charge is 0.310 e. The monoisotopic (exact) mass is 221 g/mol. The van der Waals surface area contributed by atoms with Crippen molar-refractivity contribution in [2.24, 2.45) is 5.92 Å². The SMILES string of the molecule is Cc1cc(CNC(C)CC2CC2)ccc1F. The van der Waals surface area contributed by atoms with Crippen LogP contribution in [0.2, 0.25) is 0 Å². The molecule has 1 nitrogen and oxygen atoms in total. The highest BCUT2D eigenvalue weighted by Gasteiger charge is 2.23. The summed E-state index contributed by atoms with van der Waals surface area (Å²) >= 11 is 0. The lowest BCUT2D eigenvalue weighted by Crippen LogP contribution is -2.25. The van der Waals surface area contributed by atoms with Gasteiger partial charge in [-0.15, -0.1) is 0 Å². The van der Waals surface area contributed by atoms with Crippen molar-refractivity contribution in [3.05, 3.63) is 35.1 Å². The number of benzene rings is 1. The van der Waals surface area contributed by atoms with Gasteiger partial charge in [0.2, 0.25) is 0 Å². The van der Waals surface area contributed by atoms with Crippen LogP contribution in [-0.2, 0) is 6.54 Å². The summed E-state index contributed by atoms with van der Waals surface area (Å²) in [6, 6.07) is 5.90. The van der Waals surface area contributed by atoms with E-state index in [0.29, 0.717) is 6.04 Å². The molecule has 0 aromatic heterocycles. The molecular weight excluding hydrogens is 201 g/mol. The summed E-state index contributed by atoms with van der Waals surface area (Å²) in [5.74, 6) is 0.840. The first kappa shape index (κ1) is 11.6. The lowest BCUT2D eigenvalue weighted by Gasteiger charge is -2.13. The minimum atomic E-state index is -0.116. The molecule has 0 amide bonds. The number of aryl methyl sites for hydroxylation is 1. The van der Waals surface area contributed by atoms with Gasteiger partial charge in [0.05, 0.1) is 0 Å². The Hall–Kier alpha value is -0.890. The number of rotatable bonds is 5. The third kappa shape index (κ3) is 3.31. The first-order valence-corrected chi connectivity index (χ1v) is 6.13. The van der Waals surface area contributed by atoms with Crippen molar-refractivity contribution >= 4 is 0 Å². The molecular formula is C14H20FN. The molecule has 16 heavy (non-hydrogen) atoms. The van der Waals surface area contributed by atoms with Gasteiger partial charge in [-0.25, -0.2) is 4.39 Å². The predicted octanol–water partition coefficient (Wildman–Crippen LogP) is 3.41. The molecule has 1 saturated carbocycles. The quantitative estimate of drug-likeness (QED) is 0.803. The van der Waals surface area contributed by atoms with E-state index < -0.39 is 0 Å². The molecule has 0 radical (unpaired) electrons. The van der Waals surface area contributed by atoms with E-state index in [0.717, 1.165) is 18.0 Å². The summed E-state index contributed by atoms with van der Waals surface area (Å²) in [7, 11) is 0. The molecule has 0 aliphatic heterocycles. The Morgan fingerprint density at radius 3 is 2.81 bits per heavy atom. The lowest BCUT2D eigenvalue weighted by atomic mass is 10.1. The fourth-order valence-corrected chi connectivity index (χ4v) is 2.05. The molecule has 0 spiro atoms. The summed E-state index contributed by atoms with van der Waals surface area (Å²) in [6.07, 6.45) is 4.09. The molecule has 2 rings (SSSR count). The maximum Gasteiger partial charge on any atom is 0.126 e. The van der Waals surface area contributed by atoms with Crippen LogP contribution in [0.4, 0.5) is 4.39 Å². The fraction of sp³-hybridized carbons (Fsp3) is 0.571. The summed E-state index contributed by atoms with van der Waals surface area (Å²) in [5, 5.41) is 3.49. The Balaban J connectivity index is 1.81. The molecule has 2 heteroatoms. The maximum absolute atomic E-state index is 13.1. The van der Waals surface area contributed by atoms with Gasteiger partial charge < -0.3 is 5.32 Å². The summed E-state index contributed by atoms with van der Waals surface area (Å²) in [6.45, 7) is 4.89. The van der Waals surface area contributed by atoms with Crippen molar-refractivity contribution in [2.75, 3.05) is 0 Å². The molecule has 0 saturated heterocycles. The van der Waals surface area contributed by atoms with Crippen LogP contribution in [0.15, 0.2) is 18.2 Å². The zero-order valence-electron chi connectivity index (χ0n) is 10.1. The molecule has 1 aliphatic rings. The van der Waals surface area contributed by atoms with Gasteiger partial charge in [0, 0.05) is 12.6 Å². The van der Waals surface area contributed by atoms with E-state index in [1.54, 1.807) is 6.07 Å². The highest BCUT2D eigenvalue weighted by molar-refractivity contribution is 5.23. The van der Waals surface area contributed by atoms with Crippen molar-refractivity contribution in [3.63, 3.8) is 0 Å². The van der Waals surface area contributed by atoms with Gasteiger partial charge in [-0.1, -0.05) is 25.0 Å². The van der Waals surface area contributed by atoms with Gasteiger partial charge in [0.1, 0.15) is 5.82 Å². The number of hydrogen-bond acceptors (Lipinski definition) is 1. The normalized spacial score (nSPS) is 17.4. The Morgan fingerprint density at radius 1 is 1.44 bits per heavy atom. The van der Waals surface area contributed by atoms with Crippen molar-refractivity contribution in [1.82, 2.24) is 5.32 Å². The van der Waals surface area contributed by atoms with Crippen LogP contribution >= 0.6 is 0 Å². The van der Waals surface area contributed by atoms with Gasteiger partial charge in [-0.2, -0.15) is 0 Å². The highest BCUT2D eigenvalue weighted by Crippen LogP contribution is 2.33. The average molecular weight is 221 g/mol. The molecule has 1 atom stereocenters. The fourth-order valence-electron chi connectivity index (χ4n) is 2.05. The van der Waals surface area contributed by atoms with Crippen LogP contribution in [0.1, 0.15) is 37.3 Å². The first-order chi connectivity index (χ1) is 7.65. The molecule has 1 unspecified atom stereocenters. The Bertz CT molecular complexity index is 358. The van der Waals surface area contributed by atoms with E-state index in [9.17, 15) is 4.39 Å². The molecule has 0 bridgehead atoms. The van der Waals surface area contributed by atoms with Gasteiger partial charge in [-0.05, 0) is 43.4 Å². The zero-order chi connectivity index (χ0) is 11.5. The number of halogens is 1. The van der Waals surface area contributed by atoms with Crippen molar-refractivity contribution in [2.45, 2.75) is 45.7 Å². The van der Waals surface area contributed by atoms with Crippen molar-refractivity contribution < 1.29 is 4.39 Å². The van der Waals surface area contributed by atoms with Gasteiger partial charge >= 0.3 is 0 Å². The van der Waals surface area contributed by atoms with Crippen LogP contribution in [0.5, 0.6) is 0 Å². The molecule has 88 valence electrons. The molecule has 1 fully saturated rings. The van der Waals surface area contributed by atoms with E-state index in [1.165, 1.54) is 24.8 Å². The molecule has 0 heterocycles. The van der Waals surface area contributed by atoms with Crippen molar-refractivity contribution in [3.8, 4) is 0 Å². The van der Waals surface area contributed by atoms with E-state index in [2.05, 4.69) is 12.2 Å². The van der Waals surface area contributed by atoms with E-state index >= 15 is 0 Å². The van der Waals surface area contributed by atoms with Crippen LogP contribution < -0.4 is 5.32 Å². The van der Waals surface area contributed by atoms with Crippen molar-refractivity contribution in [1.29, 1.82) is 0 Å². The third-order valence-electron chi connectivity index (χ3n) is 3.26. The second kappa shape index (κ2) is 4.96. The Kier molecular flexibility index (Phi) is 3.59. The van der Waals surface area contributed by atoms with E-state index in [4.69, 9.17) is 0 Å². The van der Waals surface area contributed by atoms with E-state index in [-0.39, 0.29) is 5.82 Å². The van der Waals surface area contributed by atoms with Gasteiger partial charge in [0.25, 0.3) is 0 Å². The number of nitrogens with one attached hydrogen (secondary N) is 1. The maximum atomic E-state index is 13.1. The van der Waals surface area contributed by atoms with Crippen LogP contribution in [0, 0.1) is 18.7 Å². The molecule has 1 aromatic carbocycles. The second-order valence-electron chi connectivity index (χ2n) is 5.04. The third-order valence-corrected chi connectivity index (χ3v) is 3.26. The predicted molar refractivity (Wildman–Crippen MR) is 64.8 cm³/mol. The summed E-state index contributed by atoms with van der Waals surface area (Å²) in [5.41, 5.74) is 1.90. The topological polar surface area (TPSA) is 12.0 Å². The smallest absolute Gasteiger partial charge is 0.126 e. The Labute approximate surface area is 97.1 Å².